The number of pyridine rings is 1. The molecule has 0 aliphatic heterocycles. The molecule has 0 fully saturated rings. The van der Waals surface area contributed by atoms with Gasteiger partial charge in [0, 0.05) is 26.2 Å². The number of aromatic amines is 1. The lowest BCUT2D eigenvalue weighted by molar-refractivity contribution is 0.159. The summed E-state index contributed by atoms with van der Waals surface area (Å²) in [6, 6.07) is 3.80. The maximum absolute atomic E-state index is 5.36. The first-order valence-corrected chi connectivity index (χ1v) is 6.20. The van der Waals surface area contributed by atoms with Gasteiger partial charge < -0.3 is 14.5 Å². The third-order valence-corrected chi connectivity index (χ3v) is 2.65. The average Bonchev–Trinajstić information content (AvgIpc) is 2.71. The minimum Gasteiger partial charge on any atom is -0.478 e. The summed E-state index contributed by atoms with van der Waals surface area (Å²) >= 11 is 0. The summed E-state index contributed by atoms with van der Waals surface area (Å²) in [5.74, 6) is 1.99. The molecule has 2 heterocycles. The van der Waals surface area contributed by atoms with Crippen LogP contribution in [0.3, 0.4) is 0 Å². The van der Waals surface area contributed by atoms with Gasteiger partial charge in [0.1, 0.15) is 5.82 Å². The molecule has 0 aliphatic rings. The molecule has 1 atom stereocenters. The second kappa shape index (κ2) is 5.82. The number of nitrogens with zero attached hydrogens (tertiary/aromatic N) is 2. The number of hydrogen-bond donors (Lipinski definition) is 1. The van der Waals surface area contributed by atoms with Crippen molar-refractivity contribution in [2.45, 2.75) is 20.3 Å². The van der Waals surface area contributed by atoms with Crippen LogP contribution in [0, 0.1) is 5.92 Å². The standard InChI is InChI=1S/C13H19N3O2/c1-4-18-12-6-5-10-13(16-12)15-11(14-10)7-9(2)8-17-3/h5-6,9H,4,7-8H2,1-3H3,(H,14,15,16). The molecule has 0 saturated carbocycles. The van der Waals surface area contributed by atoms with Gasteiger partial charge in [0.05, 0.1) is 12.1 Å². The number of hydrogen-bond acceptors (Lipinski definition) is 4. The van der Waals surface area contributed by atoms with Gasteiger partial charge in [-0.05, 0) is 18.9 Å². The van der Waals surface area contributed by atoms with Crippen LogP contribution in [0.25, 0.3) is 11.2 Å². The smallest absolute Gasteiger partial charge is 0.215 e. The molecule has 5 heteroatoms. The number of imidazole rings is 1. The SMILES string of the molecule is CCOc1ccc2[nH]c(CC(C)COC)nc2n1. The van der Waals surface area contributed by atoms with Crippen LogP contribution in [0.5, 0.6) is 5.88 Å². The minimum atomic E-state index is 0.432. The molecule has 2 rings (SSSR count). The van der Waals surface area contributed by atoms with Crippen LogP contribution in [-0.4, -0.2) is 35.3 Å². The Morgan fingerprint density at radius 3 is 2.89 bits per heavy atom. The summed E-state index contributed by atoms with van der Waals surface area (Å²) in [5.41, 5.74) is 1.65. The zero-order chi connectivity index (χ0) is 13.0. The number of ether oxygens (including phenoxy) is 2. The van der Waals surface area contributed by atoms with Crippen molar-refractivity contribution in [2.75, 3.05) is 20.3 Å². The van der Waals surface area contributed by atoms with Crippen molar-refractivity contribution >= 4 is 11.2 Å². The van der Waals surface area contributed by atoms with E-state index in [9.17, 15) is 0 Å². The molecule has 0 saturated heterocycles. The molecule has 0 radical (unpaired) electrons. The lowest BCUT2D eigenvalue weighted by Gasteiger charge is -2.06. The highest BCUT2D eigenvalue weighted by Gasteiger charge is 2.09. The quantitative estimate of drug-likeness (QED) is 0.852. The zero-order valence-corrected chi connectivity index (χ0v) is 11.1. The van der Waals surface area contributed by atoms with Crippen molar-refractivity contribution in [2.24, 2.45) is 5.92 Å². The number of nitrogens with one attached hydrogen (secondary N) is 1. The Balaban J connectivity index is 2.16. The Morgan fingerprint density at radius 2 is 2.17 bits per heavy atom. The molecule has 98 valence electrons. The molecule has 18 heavy (non-hydrogen) atoms. The molecular formula is C13H19N3O2. The molecule has 1 unspecified atom stereocenters. The fourth-order valence-corrected chi connectivity index (χ4v) is 1.92. The number of H-pyrrole nitrogens is 1. The van der Waals surface area contributed by atoms with E-state index in [4.69, 9.17) is 9.47 Å². The molecule has 5 nitrogen and oxygen atoms in total. The Morgan fingerprint density at radius 1 is 1.33 bits per heavy atom. The van der Waals surface area contributed by atoms with Crippen molar-refractivity contribution in [3.05, 3.63) is 18.0 Å². The van der Waals surface area contributed by atoms with Gasteiger partial charge in [0.15, 0.2) is 5.65 Å². The number of methoxy groups -OCH3 is 1. The molecule has 0 spiro atoms. The first-order chi connectivity index (χ1) is 8.72. The largest absolute Gasteiger partial charge is 0.478 e. The van der Waals surface area contributed by atoms with E-state index >= 15 is 0 Å². The van der Waals surface area contributed by atoms with Gasteiger partial charge in [-0.2, -0.15) is 4.98 Å². The molecule has 2 aromatic rings. The van der Waals surface area contributed by atoms with Crippen LogP contribution >= 0.6 is 0 Å². The van der Waals surface area contributed by atoms with E-state index in [1.165, 1.54) is 0 Å². The van der Waals surface area contributed by atoms with Crippen LogP contribution in [-0.2, 0) is 11.2 Å². The molecular weight excluding hydrogens is 230 g/mol. The van der Waals surface area contributed by atoms with Crippen LogP contribution in [0.15, 0.2) is 12.1 Å². The molecule has 2 aromatic heterocycles. The van der Waals surface area contributed by atoms with Crippen LogP contribution in [0.4, 0.5) is 0 Å². The topological polar surface area (TPSA) is 60.0 Å². The average molecular weight is 249 g/mol. The second-order valence-electron chi connectivity index (χ2n) is 4.40. The van der Waals surface area contributed by atoms with E-state index in [-0.39, 0.29) is 0 Å². The van der Waals surface area contributed by atoms with Gasteiger partial charge in [-0.1, -0.05) is 6.92 Å². The van der Waals surface area contributed by atoms with Gasteiger partial charge in [0.25, 0.3) is 0 Å². The number of rotatable bonds is 6. The predicted molar refractivity (Wildman–Crippen MR) is 69.8 cm³/mol. The molecule has 0 aliphatic carbocycles. The highest BCUT2D eigenvalue weighted by atomic mass is 16.5. The third kappa shape index (κ3) is 2.98. The summed E-state index contributed by atoms with van der Waals surface area (Å²) in [5, 5.41) is 0. The van der Waals surface area contributed by atoms with E-state index in [0.29, 0.717) is 24.1 Å². The lowest BCUT2D eigenvalue weighted by atomic mass is 10.1. The van der Waals surface area contributed by atoms with Gasteiger partial charge in [-0.15, -0.1) is 0 Å². The predicted octanol–water partition coefficient (Wildman–Crippen LogP) is 2.18. The summed E-state index contributed by atoms with van der Waals surface area (Å²) in [7, 11) is 1.71. The molecule has 1 N–H and O–H groups in total. The van der Waals surface area contributed by atoms with E-state index in [0.717, 1.165) is 24.4 Å². The van der Waals surface area contributed by atoms with Crippen molar-refractivity contribution < 1.29 is 9.47 Å². The molecule has 0 amide bonds. The van der Waals surface area contributed by atoms with Crippen molar-refractivity contribution in [1.29, 1.82) is 0 Å². The van der Waals surface area contributed by atoms with Gasteiger partial charge in [-0.3, -0.25) is 0 Å². The zero-order valence-electron chi connectivity index (χ0n) is 11.1. The van der Waals surface area contributed by atoms with E-state index in [2.05, 4.69) is 21.9 Å². The fraction of sp³-hybridized carbons (Fsp3) is 0.538. The lowest BCUT2D eigenvalue weighted by Crippen LogP contribution is -2.07. The summed E-state index contributed by atoms with van der Waals surface area (Å²) in [4.78, 5) is 12.1. The van der Waals surface area contributed by atoms with E-state index < -0.39 is 0 Å². The van der Waals surface area contributed by atoms with E-state index in [1.54, 1.807) is 7.11 Å². The van der Waals surface area contributed by atoms with Gasteiger partial charge in [-0.25, -0.2) is 4.98 Å². The molecule has 0 aromatic carbocycles. The minimum absolute atomic E-state index is 0.432. The molecule has 0 bridgehead atoms. The summed E-state index contributed by atoms with van der Waals surface area (Å²) in [6.07, 6.45) is 0.855. The normalized spacial score (nSPS) is 12.8. The maximum atomic E-state index is 5.36. The number of fused-ring (bicyclic) bond motifs is 1. The van der Waals surface area contributed by atoms with Crippen molar-refractivity contribution in [3.63, 3.8) is 0 Å². The van der Waals surface area contributed by atoms with Crippen LogP contribution in [0.2, 0.25) is 0 Å². The maximum Gasteiger partial charge on any atom is 0.215 e. The highest BCUT2D eigenvalue weighted by molar-refractivity contribution is 5.71. The second-order valence-corrected chi connectivity index (χ2v) is 4.40. The fourth-order valence-electron chi connectivity index (χ4n) is 1.92. The van der Waals surface area contributed by atoms with Crippen molar-refractivity contribution in [1.82, 2.24) is 15.0 Å². The third-order valence-electron chi connectivity index (χ3n) is 2.65. The Labute approximate surface area is 107 Å². The Bertz CT molecular complexity index is 510. The Hall–Kier alpha value is -1.62. The van der Waals surface area contributed by atoms with E-state index in [1.807, 2.05) is 19.1 Å². The summed E-state index contributed by atoms with van der Waals surface area (Å²) in [6.45, 7) is 5.42. The highest BCUT2D eigenvalue weighted by Crippen LogP contribution is 2.16. The monoisotopic (exact) mass is 249 g/mol. The van der Waals surface area contributed by atoms with Crippen LogP contribution in [0.1, 0.15) is 19.7 Å². The first kappa shape index (κ1) is 12.8. The van der Waals surface area contributed by atoms with Gasteiger partial charge in [0.2, 0.25) is 5.88 Å². The summed E-state index contributed by atoms with van der Waals surface area (Å²) < 4.78 is 10.5. The van der Waals surface area contributed by atoms with Crippen molar-refractivity contribution in [3.8, 4) is 5.88 Å². The Kier molecular flexibility index (Phi) is 4.15. The van der Waals surface area contributed by atoms with Gasteiger partial charge >= 0.3 is 0 Å². The number of aromatic nitrogens is 3. The first-order valence-electron chi connectivity index (χ1n) is 6.20. The van der Waals surface area contributed by atoms with Crippen LogP contribution < -0.4 is 4.74 Å².